The fraction of sp³-hybridized carbons (Fsp3) is 0.625. The van der Waals surface area contributed by atoms with Gasteiger partial charge in [0.2, 0.25) is 0 Å². The van der Waals surface area contributed by atoms with Gasteiger partial charge in [0.05, 0.1) is 18.4 Å². The number of hydrogen-bond acceptors (Lipinski definition) is 3. The first-order valence-electron chi connectivity index (χ1n) is 7.49. The Labute approximate surface area is 129 Å². The number of nitrogens with one attached hydrogen (secondary N) is 1. The summed E-state index contributed by atoms with van der Waals surface area (Å²) in [5, 5.41) is 2.80. The average Bonchev–Trinajstić information content (AvgIpc) is 2.77. The molecule has 124 valence electrons. The lowest BCUT2D eigenvalue weighted by Gasteiger charge is -2.27. The molecule has 0 amide bonds. The molecule has 0 aromatic heterocycles. The summed E-state index contributed by atoms with van der Waals surface area (Å²) in [7, 11) is 3.09. The molecule has 1 aromatic rings. The highest BCUT2D eigenvalue weighted by Crippen LogP contribution is 2.39. The van der Waals surface area contributed by atoms with Gasteiger partial charge in [-0.15, -0.1) is 0 Å². The Hall–Kier alpha value is -1.43. The summed E-state index contributed by atoms with van der Waals surface area (Å²) in [5.41, 5.74) is 0.293. The van der Waals surface area contributed by atoms with Gasteiger partial charge in [0.1, 0.15) is 5.75 Å². The van der Waals surface area contributed by atoms with Crippen molar-refractivity contribution in [1.82, 2.24) is 4.90 Å². The van der Waals surface area contributed by atoms with Crippen molar-refractivity contribution in [2.45, 2.75) is 51.5 Å². The van der Waals surface area contributed by atoms with Crippen LogP contribution in [-0.4, -0.2) is 31.1 Å². The second-order valence-corrected chi connectivity index (χ2v) is 5.91. The summed E-state index contributed by atoms with van der Waals surface area (Å²) in [6, 6.07) is 3.04. The molecule has 6 heteroatoms. The Morgan fingerprint density at radius 3 is 2.27 bits per heavy atom. The molecule has 0 aliphatic carbocycles. The maximum atomic E-state index is 13.1. The number of benzene rings is 1. The molecule has 1 aromatic carbocycles. The summed E-state index contributed by atoms with van der Waals surface area (Å²) < 4.78 is 44.7. The van der Waals surface area contributed by atoms with Crippen molar-refractivity contribution in [1.29, 1.82) is 0 Å². The van der Waals surface area contributed by atoms with Gasteiger partial charge in [0, 0.05) is 31.2 Å². The highest BCUT2D eigenvalue weighted by atomic mass is 19.4. The molecule has 1 aliphatic heterocycles. The molecule has 0 spiro atoms. The minimum Gasteiger partial charge on any atom is -0.494 e. The Kier molecular flexibility index (Phi) is 4.90. The third-order valence-corrected chi connectivity index (χ3v) is 4.45. The van der Waals surface area contributed by atoms with E-state index in [1.165, 1.54) is 13.2 Å². The van der Waals surface area contributed by atoms with E-state index in [4.69, 9.17) is 4.74 Å². The second kappa shape index (κ2) is 6.36. The molecule has 22 heavy (non-hydrogen) atoms. The van der Waals surface area contributed by atoms with E-state index in [0.717, 1.165) is 18.9 Å². The van der Waals surface area contributed by atoms with Crippen molar-refractivity contribution in [2.75, 3.05) is 19.5 Å². The molecule has 2 atom stereocenters. The van der Waals surface area contributed by atoms with Crippen LogP contribution < -0.4 is 10.1 Å². The summed E-state index contributed by atoms with van der Waals surface area (Å²) in [4.78, 5) is 2.23. The highest BCUT2D eigenvalue weighted by molar-refractivity contribution is 5.62. The maximum Gasteiger partial charge on any atom is 0.416 e. The predicted octanol–water partition coefficient (Wildman–Crippen LogP) is 4.13. The first-order valence-corrected chi connectivity index (χ1v) is 7.49. The zero-order valence-corrected chi connectivity index (χ0v) is 13.4. The van der Waals surface area contributed by atoms with Crippen molar-refractivity contribution >= 4 is 5.69 Å². The van der Waals surface area contributed by atoms with Crippen molar-refractivity contribution in [3.63, 3.8) is 0 Å². The van der Waals surface area contributed by atoms with Crippen molar-refractivity contribution in [3.8, 4) is 5.75 Å². The number of anilines is 1. The highest BCUT2D eigenvalue weighted by Gasteiger charge is 2.34. The molecule has 2 rings (SSSR count). The normalized spacial score (nSPS) is 22.9. The van der Waals surface area contributed by atoms with Crippen LogP contribution in [0.4, 0.5) is 18.9 Å². The number of nitrogens with zero attached hydrogens (tertiary/aromatic N) is 1. The van der Waals surface area contributed by atoms with E-state index in [-0.39, 0.29) is 0 Å². The van der Waals surface area contributed by atoms with Gasteiger partial charge in [0.15, 0.2) is 0 Å². The lowest BCUT2D eigenvalue weighted by atomic mass is 10.1. The Balaban J connectivity index is 2.43. The smallest absolute Gasteiger partial charge is 0.416 e. The number of ether oxygens (including phenoxy) is 1. The Morgan fingerprint density at radius 2 is 1.82 bits per heavy atom. The molecule has 1 aliphatic rings. The van der Waals surface area contributed by atoms with Crippen LogP contribution >= 0.6 is 0 Å². The van der Waals surface area contributed by atoms with Gasteiger partial charge in [-0.2, -0.15) is 13.2 Å². The molecule has 0 bridgehead atoms. The molecule has 0 saturated carbocycles. The summed E-state index contributed by atoms with van der Waals surface area (Å²) in [6.45, 7) is 4.69. The largest absolute Gasteiger partial charge is 0.494 e. The first kappa shape index (κ1) is 16.9. The molecule has 1 N–H and O–H groups in total. The quantitative estimate of drug-likeness (QED) is 0.904. The van der Waals surface area contributed by atoms with Gasteiger partial charge in [0.25, 0.3) is 0 Å². The van der Waals surface area contributed by atoms with Crippen molar-refractivity contribution in [3.05, 3.63) is 23.3 Å². The van der Waals surface area contributed by atoms with E-state index < -0.39 is 11.7 Å². The van der Waals surface area contributed by atoms with E-state index in [0.29, 0.717) is 35.6 Å². The standard InChI is InChI=1S/C16H23F3N2O/c1-10-5-6-11(2)21(10)9-12-7-13(16(17,18)19)8-14(20-3)15(12)22-4/h7-8,10-11,20H,5-6,9H2,1-4H3. The molecule has 1 fully saturated rings. The summed E-state index contributed by atoms with van der Waals surface area (Å²) in [6.07, 6.45) is -2.22. The van der Waals surface area contributed by atoms with Gasteiger partial charge in [-0.05, 0) is 38.8 Å². The molecule has 0 radical (unpaired) electrons. The van der Waals surface area contributed by atoms with E-state index in [1.54, 1.807) is 7.05 Å². The van der Waals surface area contributed by atoms with E-state index in [9.17, 15) is 13.2 Å². The number of halogens is 3. The minimum atomic E-state index is -4.37. The Morgan fingerprint density at radius 1 is 1.23 bits per heavy atom. The predicted molar refractivity (Wildman–Crippen MR) is 81.2 cm³/mol. The summed E-state index contributed by atoms with van der Waals surface area (Å²) >= 11 is 0. The molecule has 1 saturated heterocycles. The number of hydrogen-bond donors (Lipinski definition) is 1. The molecular formula is C16H23F3N2O. The average molecular weight is 316 g/mol. The third kappa shape index (κ3) is 3.32. The van der Waals surface area contributed by atoms with E-state index in [1.807, 2.05) is 0 Å². The SMILES string of the molecule is CNc1cc(C(F)(F)F)cc(CN2C(C)CCC2C)c1OC. The van der Waals surface area contributed by atoms with Gasteiger partial charge in [-0.3, -0.25) is 4.90 Å². The monoisotopic (exact) mass is 316 g/mol. The van der Waals surface area contributed by atoms with Crippen LogP contribution in [0.3, 0.4) is 0 Å². The summed E-state index contributed by atoms with van der Waals surface area (Å²) in [5.74, 6) is 0.488. The Bertz CT molecular complexity index is 521. The molecule has 3 nitrogen and oxygen atoms in total. The van der Waals surface area contributed by atoms with E-state index in [2.05, 4.69) is 24.1 Å². The first-order chi connectivity index (χ1) is 10.3. The van der Waals surface area contributed by atoms with Crippen LogP contribution in [0.25, 0.3) is 0 Å². The topological polar surface area (TPSA) is 24.5 Å². The molecule has 2 unspecified atom stereocenters. The van der Waals surface area contributed by atoms with E-state index >= 15 is 0 Å². The zero-order chi connectivity index (χ0) is 16.5. The third-order valence-electron chi connectivity index (χ3n) is 4.45. The van der Waals surface area contributed by atoms with Crippen molar-refractivity contribution in [2.24, 2.45) is 0 Å². The fourth-order valence-corrected chi connectivity index (χ4v) is 3.15. The lowest BCUT2D eigenvalue weighted by Crippen LogP contribution is -2.32. The lowest BCUT2D eigenvalue weighted by molar-refractivity contribution is -0.137. The van der Waals surface area contributed by atoms with Crippen molar-refractivity contribution < 1.29 is 17.9 Å². The second-order valence-electron chi connectivity index (χ2n) is 5.91. The van der Waals surface area contributed by atoms with Crippen LogP contribution in [0, 0.1) is 0 Å². The van der Waals surface area contributed by atoms with Crippen LogP contribution in [0.15, 0.2) is 12.1 Å². The van der Waals surface area contributed by atoms with Crippen LogP contribution in [-0.2, 0) is 12.7 Å². The van der Waals surface area contributed by atoms with Crippen LogP contribution in [0.2, 0.25) is 0 Å². The van der Waals surface area contributed by atoms with Gasteiger partial charge in [-0.1, -0.05) is 0 Å². The van der Waals surface area contributed by atoms with Crippen LogP contribution in [0.5, 0.6) is 5.75 Å². The molecule has 1 heterocycles. The van der Waals surface area contributed by atoms with Gasteiger partial charge >= 0.3 is 6.18 Å². The number of rotatable bonds is 4. The minimum absolute atomic E-state index is 0.367. The number of alkyl halides is 3. The molecular weight excluding hydrogens is 293 g/mol. The maximum absolute atomic E-state index is 13.1. The van der Waals surface area contributed by atoms with Crippen LogP contribution in [0.1, 0.15) is 37.8 Å². The van der Waals surface area contributed by atoms with Gasteiger partial charge < -0.3 is 10.1 Å². The number of methoxy groups -OCH3 is 1. The van der Waals surface area contributed by atoms with Gasteiger partial charge in [-0.25, -0.2) is 0 Å². The zero-order valence-electron chi connectivity index (χ0n) is 13.4. The fourth-order valence-electron chi connectivity index (χ4n) is 3.15. The number of likely N-dealkylation sites (tertiary alicyclic amines) is 1.